The average Bonchev–Trinajstić information content (AvgIpc) is 2.93. The number of quaternary nitrogens is 1. The molecular formula is C15H17N4O+. The van der Waals surface area contributed by atoms with Crippen LogP contribution < -0.4 is 9.80 Å². The number of nitriles is 1. The molecule has 5 nitrogen and oxygen atoms in total. The highest BCUT2D eigenvalue weighted by Gasteiger charge is 2.24. The fourth-order valence-electron chi connectivity index (χ4n) is 2.39. The maximum atomic E-state index is 9.26. The molecule has 0 aliphatic carbocycles. The summed E-state index contributed by atoms with van der Waals surface area (Å²) in [6.45, 7) is 3.88. The fraction of sp³-hybridized carbons (Fsp3) is 0.333. The van der Waals surface area contributed by atoms with E-state index in [1.165, 1.54) is 4.90 Å². The number of benzene rings is 1. The van der Waals surface area contributed by atoms with Gasteiger partial charge in [-0.3, -0.25) is 0 Å². The van der Waals surface area contributed by atoms with Crippen molar-refractivity contribution in [1.82, 2.24) is 4.98 Å². The second kappa shape index (κ2) is 5.35. The molecule has 0 bridgehead atoms. The van der Waals surface area contributed by atoms with Crippen LogP contribution in [0.5, 0.6) is 0 Å². The first-order valence-corrected chi connectivity index (χ1v) is 6.80. The van der Waals surface area contributed by atoms with Crippen LogP contribution >= 0.6 is 0 Å². The summed E-state index contributed by atoms with van der Waals surface area (Å²) in [5, 5.41) is 9.26. The van der Waals surface area contributed by atoms with Crippen molar-refractivity contribution in [3.05, 3.63) is 36.0 Å². The van der Waals surface area contributed by atoms with Gasteiger partial charge in [-0.2, -0.15) is 10.2 Å². The zero-order valence-corrected chi connectivity index (χ0v) is 11.5. The summed E-state index contributed by atoms with van der Waals surface area (Å²) in [7, 11) is 2.18. The maximum absolute atomic E-state index is 9.26. The van der Waals surface area contributed by atoms with Gasteiger partial charge in [0.2, 0.25) is 17.5 Å². The third kappa shape index (κ3) is 2.38. The lowest BCUT2D eigenvalue weighted by Crippen LogP contribution is -3.12. The van der Waals surface area contributed by atoms with Crippen molar-refractivity contribution in [2.45, 2.75) is 0 Å². The zero-order valence-electron chi connectivity index (χ0n) is 11.5. The number of piperazine rings is 1. The van der Waals surface area contributed by atoms with Crippen molar-refractivity contribution < 1.29 is 9.32 Å². The van der Waals surface area contributed by atoms with Crippen molar-refractivity contribution in [3.63, 3.8) is 0 Å². The first-order valence-electron chi connectivity index (χ1n) is 6.80. The van der Waals surface area contributed by atoms with Crippen molar-refractivity contribution in [2.75, 3.05) is 38.1 Å². The smallest absolute Gasteiger partial charge is 0.235 e. The number of anilines is 1. The van der Waals surface area contributed by atoms with Crippen LogP contribution in [0.25, 0.3) is 11.5 Å². The van der Waals surface area contributed by atoms with Gasteiger partial charge in [0, 0.05) is 5.56 Å². The molecule has 0 unspecified atom stereocenters. The van der Waals surface area contributed by atoms with E-state index in [4.69, 9.17) is 4.42 Å². The Labute approximate surface area is 118 Å². The molecule has 1 N–H and O–H groups in total. The number of aromatic nitrogens is 1. The Morgan fingerprint density at radius 1 is 1.25 bits per heavy atom. The number of nitrogens with one attached hydrogen (secondary N) is 1. The predicted octanol–water partition coefficient (Wildman–Crippen LogP) is 0.548. The number of hydrogen-bond acceptors (Lipinski definition) is 4. The maximum Gasteiger partial charge on any atom is 0.235 e. The van der Waals surface area contributed by atoms with E-state index in [2.05, 4.69) is 23.0 Å². The zero-order chi connectivity index (χ0) is 13.9. The normalized spacial score (nSPS) is 16.1. The summed E-state index contributed by atoms with van der Waals surface area (Å²) in [5.41, 5.74) is 1.28. The molecule has 5 heteroatoms. The van der Waals surface area contributed by atoms with E-state index < -0.39 is 0 Å². The van der Waals surface area contributed by atoms with Crippen molar-refractivity contribution in [3.8, 4) is 17.5 Å². The number of hydrogen-bond donors (Lipinski definition) is 1. The average molecular weight is 269 g/mol. The molecule has 1 aromatic heterocycles. The molecule has 0 amide bonds. The first-order chi connectivity index (χ1) is 9.78. The lowest BCUT2D eigenvalue weighted by molar-refractivity contribution is -0.880. The summed E-state index contributed by atoms with van der Waals surface area (Å²) in [6.07, 6.45) is 0. The van der Waals surface area contributed by atoms with E-state index in [0.29, 0.717) is 17.5 Å². The molecule has 0 atom stereocenters. The highest BCUT2D eigenvalue weighted by molar-refractivity contribution is 5.59. The Bertz CT molecular complexity index is 621. The molecule has 1 saturated heterocycles. The summed E-state index contributed by atoms with van der Waals surface area (Å²) >= 11 is 0. The van der Waals surface area contributed by atoms with Crippen molar-refractivity contribution in [2.24, 2.45) is 0 Å². The van der Waals surface area contributed by atoms with E-state index in [0.717, 1.165) is 31.7 Å². The van der Waals surface area contributed by atoms with Crippen LogP contribution in [0.15, 0.2) is 34.7 Å². The van der Waals surface area contributed by atoms with Crippen LogP contribution in [0, 0.1) is 11.3 Å². The summed E-state index contributed by atoms with van der Waals surface area (Å²) in [4.78, 5) is 7.94. The van der Waals surface area contributed by atoms with Gasteiger partial charge in [0.1, 0.15) is 6.07 Å². The number of rotatable bonds is 2. The molecule has 3 rings (SSSR count). The Hall–Kier alpha value is -2.32. The van der Waals surface area contributed by atoms with Crippen LogP contribution in [0.2, 0.25) is 0 Å². The van der Waals surface area contributed by atoms with Gasteiger partial charge < -0.3 is 14.2 Å². The van der Waals surface area contributed by atoms with Gasteiger partial charge in [0.25, 0.3) is 0 Å². The van der Waals surface area contributed by atoms with Crippen LogP contribution in [-0.4, -0.2) is 38.2 Å². The van der Waals surface area contributed by atoms with Gasteiger partial charge >= 0.3 is 0 Å². The summed E-state index contributed by atoms with van der Waals surface area (Å²) < 4.78 is 5.85. The molecule has 0 saturated carbocycles. The van der Waals surface area contributed by atoms with Crippen LogP contribution in [0.1, 0.15) is 5.69 Å². The number of nitrogens with zero attached hydrogens (tertiary/aromatic N) is 3. The van der Waals surface area contributed by atoms with Gasteiger partial charge in [-0.1, -0.05) is 18.2 Å². The number of likely N-dealkylation sites (N-methyl/N-ethyl adjacent to an activating group) is 1. The topological polar surface area (TPSA) is 57.5 Å². The standard InChI is InChI=1S/C15H16N4O/c1-18-7-9-19(10-8-18)15-13(11-16)17-14(20-15)12-5-3-2-4-6-12/h2-6H,7-10H2,1H3/p+1. The number of oxazole rings is 1. The van der Waals surface area contributed by atoms with E-state index in [9.17, 15) is 5.26 Å². The van der Waals surface area contributed by atoms with E-state index >= 15 is 0 Å². The molecule has 2 heterocycles. The Morgan fingerprint density at radius 2 is 1.95 bits per heavy atom. The Morgan fingerprint density at radius 3 is 2.60 bits per heavy atom. The molecular weight excluding hydrogens is 252 g/mol. The molecule has 2 aromatic rings. The second-order valence-electron chi connectivity index (χ2n) is 5.09. The molecule has 102 valence electrons. The van der Waals surface area contributed by atoms with Crippen molar-refractivity contribution >= 4 is 5.88 Å². The third-order valence-corrected chi connectivity index (χ3v) is 3.64. The summed E-state index contributed by atoms with van der Waals surface area (Å²) in [6, 6.07) is 11.8. The predicted molar refractivity (Wildman–Crippen MR) is 75.5 cm³/mol. The van der Waals surface area contributed by atoms with Gasteiger partial charge in [-0.25, -0.2) is 0 Å². The molecule has 1 aliphatic rings. The SMILES string of the molecule is C[NH+]1CCN(c2oc(-c3ccccc3)nc2C#N)CC1. The molecule has 1 aromatic carbocycles. The molecule has 0 radical (unpaired) electrons. The van der Waals surface area contributed by atoms with E-state index in [1.54, 1.807) is 0 Å². The fourth-order valence-corrected chi connectivity index (χ4v) is 2.39. The largest absolute Gasteiger partial charge is 0.419 e. The lowest BCUT2D eigenvalue weighted by atomic mass is 10.2. The molecule has 0 spiro atoms. The quantitative estimate of drug-likeness (QED) is 0.865. The molecule has 1 fully saturated rings. The van der Waals surface area contributed by atoms with Crippen LogP contribution in [0.4, 0.5) is 5.88 Å². The monoisotopic (exact) mass is 269 g/mol. The highest BCUT2D eigenvalue weighted by Crippen LogP contribution is 2.27. The van der Waals surface area contributed by atoms with Gasteiger partial charge in [-0.05, 0) is 12.1 Å². The van der Waals surface area contributed by atoms with Crippen LogP contribution in [0.3, 0.4) is 0 Å². The highest BCUT2D eigenvalue weighted by atomic mass is 16.4. The van der Waals surface area contributed by atoms with Crippen LogP contribution in [-0.2, 0) is 0 Å². The minimum Gasteiger partial charge on any atom is -0.419 e. The Balaban J connectivity index is 1.92. The minimum absolute atomic E-state index is 0.378. The van der Waals surface area contributed by atoms with E-state index in [1.807, 2.05) is 30.3 Å². The molecule has 1 aliphatic heterocycles. The van der Waals surface area contributed by atoms with E-state index in [-0.39, 0.29) is 0 Å². The Kier molecular flexibility index (Phi) is 3.40. The minimum atomic E-state index is 0.378. The van der Waals surface area contributed by atoms with Gasteiger partial charge in [0.15, 0.2) is 0 Å². The van der Waals surface area contributed by atoms with Crippen molar-refractivity contribution in [1.29, 1.82) is 5.26 Å². The third-order valence-electron chi connectivity index (χ3n) is 3.64. The molecule has 20 heavy (non-hydrogen) atoms. The van der Waals surface area contributed by atoms with Gasteiger partial charge in [-0.15, -0.1) is 0 Å². The lowest BCUT2D eigenvalue weighted by Gasteiger charge is -2.29. The van der Waals surface area contributed by atoms with Gasteiger partial charge in [0.05, 0.1) is 33.2 Å². The second-order valence-corrected chi connectivity index (χ2v) is 5.09. The first kappa shape index (κ1) is 12.7. The summed E-state index contributed by atoms with van der Waals surface area (Å²) in [5.74, 6) is 1.13.